The molecule has 14 heavy (non-hydrogen) atoms. The zero-order valence-corrected chi connectivity index (χ0v) is 12.2. The molecule has 0 spiro atoms. The summed E-state index contributed by atoms with van der Waals surface area (Å²) >= 11 is 0. The van der Waals surface area contributed by atoms with Crippen LogP contribution in [0.25, 0.3) is 0 Å². The van der Waals surface area contributed by atoms with Crippen molar-refractivity contribution in [2.75, 3.05) is 0 Å². The lowest BCUT2D eigenvalue weighted by atomic mass is 10.7. The first-order valence-corrected chi connectivity index (χ1v) is 11.9. The predicted octanol–water partition coefficient (Wildman–Crippen LogP) is 3.30. The minimum absolute atomic E-state index is 1.21. The SMILES string of the molecule is C[Si](C)(C)C#C/C=[13CH]/C#C[Si](C)(C)C. The van der Waals surface area contributed by atoms with Gasteiger partial charge in [0.15, 0.2) is 0 Å². The molecule has 0 radical (unpaired) electrons. The number of hydrogen-bond acceptors (Lipinski definition) is 0. The van der Waals surface area contributed by atoms with Crippen LogP contribution in [0.4, 0.5) is 0 Å². The van der Waals surface area contributed by atoms with Crippen molar-refractivity contribution in [3.63, 3.8) is 0 Å². The molecule has 0 unspecified atom stereocenters. The van der Waals surface area contributed by atoms with Gasteiger partial charge in [-0.25, -0.2) is 0 Å². The summed E-state index contributed by atoms with van der Waals surface area (Å²) in [5.41, 5.74) is 6.53. The fraction of sp³-hybridized carbons (Fsp3) is 0.500. The summed E-state index contributed by atoms with van der Waals surface area (Å²) in [4.78, 5) is 0. The van der Waals surface area contributed by atoms with E-state index < -0.39 is 16.1 Å². The number of allylic oxidation sites excluding steroid dienone is 2. The Morgan fingerprint density at radius 1 is 0.643 bits per heavy atom. The van der Waals surface area contributed by atoms with E-state index in [9.17, 15) is 0 Å². The van der Waals surface area contributed by atoms with Crippen LogP contribution in [0.2, 0.25) is 39.3 Å². The second-order valence-corrected chi connectivity index (χ2v) is 14.9. The van der Waals surface area contributed by atoms with Crippen molar-refractivity contribution in [1.29, 1.82) is 0 Å². The maximum absolute atomic E-state index is 3.27. The number of rotatable bonds is 0. The third kappa shape index (κ3) is 11.3. The highest BCUT2D eigenvalue weighted by atomic mass is 28.3. The highest BCUT2D eigenvalue weighted by Gasteiger charge is 2.07. The molecule has 0 atom stereocenters. The van der Waals surface area contributed by atoms with Gasteiger partial charge in [-0.3, -0.25) is 0 Å². The Morgan fingerprint density at radius 2 is 0.929 bits per heavy atom. The van der Waals surface area contributed by atoms with E-state index in [1.54, 1.807) is 0 Å². The fourth-order valence-corrected chi connectivity index (χ4v) is 1.63. The first kappa shape index (κ1) is 13.3. The lowest BCUT2D eigenvalue weighted by Crippen LogP contribution is -2.16. The molecular formula is C12H20Si2. The van der Waals surface area contributed by atoms with Gasteiger partial charge >= 0.3 is 0 Å². The van der Waals surface area contributed by atoms with Gasteiger partial charge in [0.25, 0.3) is 0 Å². The highest BCUT2D eigenvalue weighted by molar-refractivity contribution is 6.84. The van der Waals surface area contributed by atoms with Crippen LogP contribution in [0.15, 0.2) is 12.2 Å². The summed E-state index contributed by atoms with van der Waals surface area (Å²) in [6.45, 7) is 13.4. The Labute approximate surface area is 90.8 Å². The van der Waals surface area contributed by atoms with Gasteiger partial charge in [-0.15, -0.1) is 11.1 Å². The average Bonchev–Trinajstić information content (AvgIpc) is 1.92. The summed E-state index contributed by atoms with van der Waals surface area (Å²) in [6, 6.07) is 0. The van der Waals surface area contributed by atoms with Gasteiger partial charge in [-0.1, -0.05) is 51.1 Å². The van der Waals surface area contributed by atoms with Crippen LogP contribution in [-0.2, 0) is 0 Å². The molecule has 0 bridgehead atoms. The van der Waals surface area contributed by atoms with Gasteiger partial charge in [0.1, 0.15) is 16.1 Å². The van der Waals surface area contributed by atoms with Gasteiger partial charge in [-0.2, -0.15) is 0 Å². The van der Waals surface area contributed by atoms with Crippen LogP contribution in [0, 0.1) is 22.9 Å². The molecule has 0 nitrogen and oxygen atoms in total. The molecule has 0 heterocycles. The molecule has 0 N–H and O–H groups in total. The van der Waals surface area contributed by atoms with Crippen molar-refractivity contribution in [2.45, 2.75) is 39.3 Å². The molecular weight excluding hydrogens is 201 g/mol. The molecule has 0 fully saturated rings. The normalized spacial score (nSPS) is 11.6. The van der Waals surface area contributed by atoms with Crippen LogP contribution in [-0.4, -0.2) is 16.1 Å². The summed E-state index contributed by atoms with van der Waals surface area (Å²) in [6.07, 6.45) is 3.73. The van der Waals surface area contributed by atoms with Gasteiger partial charge in [0.05, 0.1) is 0 Å². The van der Waals surface area contributed by atoms with Crippen LogP contribution < -0.4 is 0 Å². The highest BCUT2D eigenvalue weighted by Crippen LogP contribution is 1.96. The molecule has 0 aromatic rings. The topological polar surface area (TPSA) is 0 Å². The van der Waals surface area contributed by atoms with Gasteiger partial charge in [0.2, 0.25) is 0 Å². The Hall–Kier alpha value is -0.706. The quantitative estimate of drug-likeness (QED) is 0.334. The van der Waals surface area contributed by atoms with Crippen LogP contribution in [0.3, 0.4) is 0 Å². The molecule has 0 aliphatic rings. The zero-order chi connectivity index (χ0) is 11.2. The minimum atomic E-state index is -1.21. The smallest absolute Gasteiger partial charge is 0.127 e. The minimum Gasteiger partial charge on any atom is -0.127 e. The maximum atomic E-state index is 3.27. The van der Waals surface area contributed by atoms with E-state index in [0.717, 1.165) is 0 Å². The van der Waals surface area contributed by atoms with Gasteiger partial charge < -0.3 is 0 Å². The Kier molecular flexibility index (Phi) is 4.98. The van der Waals surface area contributed by atoms with Crippen molar-refractivity contribution in [3.05, 3.63) is 12.2 Å². The van der Waals surface area contributed by atoms with E-state index in [4.69, 9.17) is 0 Å². The molecule has 0 aliphatic carbocycles. The zero-order valence-electron chi connectivity index (χ0n) is 10.2. The van der Waals surface area contributed by atoms with Crippen molar-refractivity contribution < 1.29 is 0 Å². The largest absolute Gasteiger partial charge is 0.129 e. The van der Waals surface area contributed by atoms with E-state index in [0.29, 0.717) is 0 Å². The third-order valence-corrected chi connectivity index (χ3v) is 2.93. The first-order valence-electron chi connectivity index (χ1n) is 4.91. The van der Waals surface area contributed by atoms with E-state index >= 15 is 0 Å². The second kappa shape index (κ2) is 5.24. The molecule has 0 amide bonds. The molecule has 76 valence electrons. The molecule has 2 heteroatoms. The van der Waals surface area contributed by atoms with Gasteiger partial charge in [-0.05, 0) is 12.2 Å². The molecule has 0 saturated heterocycles. The Bertz CT molecular complexity index is 282. The van der Waals surface area contributed by atoms with E-state index in [1.165, 1.54) is 0 Å². The van der Waals surface area contributed by atoms with Crippen LogP contribution in [0.5, 0.6) is 0 Å². The summed E-state index contributed by atoms with van der Waals surface area (Å²) < 4.78 is 0. The number of hydrogen-bond donors (Lipinski definition) is 0. The predicted molar refractivity (Wildman–Crippen MR) is 71.4 cm³/mol. The maximum Gasteiger partial charge on any atom is 0.129 e. The van der Waals surface area contributed by atoms with Crippen molar-refractivity contribution in [2.24, 2.45) is 0 Å². The van der Waals surface area contributed by atoms with E-state index in [1.807, 2.05) is 12.2 Å². The summed E-state index contributed by atoms with van der Waals surface area (Å²) in [5, 5.41) is 0. The van der Waals surface area contributed by atoms with E-state index in [-0.39, 0.29) is 0 Å². The molecule has 0 saturated carbocycles. The summed E-state index contributed by atoms with van der Waals surface area (Å²) in [7, 11) is -2.41. The lowest BCUT2D eigenvalue weighted by Gasteiger charge is -2.02. The molecule has 0 aliphatic heterocycles. The lowest BCUT2D eigenvalue weighted by molar-refractivity contribution is 1.81. The third-order valence-electron chi connectivity index (χ3n) is 1.14. The van der Waals surface area contributed by atoms with E-state index in [2.05, 4.69) is 62.2 Å². The van der Waals surface area contributed by atoms with Crippen molar-refractivity contribution in [3.8, 4) is 22.9 Å². The van der Waals surface area contributed by atoms with Crippen molar-refractivity contribution in [1.82, 2.24) is 0 Å². The van der Waals surface area contributed by atoms with Crippen LogP contribution >= 0.6 is 0 Å². The fourth-order valence-electron chi connectivity index (χ4n) is 0.600. The first-order chi connectivity index (χ1) is 6.21. The standard InChI is InChI=1S/C12H20Si2/c1-13(2,3)11-9-7-8-10-12-14(4,5)6/h7-8H,1-6H3/b8-7+/i7+1. The average molecular weight is 221 g/mol. The summed E-state index contributed by atoms with van der Waals surface area (Å²) in [5.74, 6) is 6.11. The second-order valence-electron chi connectivity index (χ2n) is 5.37. The molecule has 0 aromatic carbocycles. The Morgan fingerprint density at radius 3 is 1.14 bits per heavy atom. The molecule has 0 aromatic heterocycles. The molecule has 0 rings (SSSR count). The van der Waals surface area contributed by atoms with Crippen LogP contribution in [0.1, 0.15) is 0 Å². The van der Waals surface area contributed by atoms with Gasteiger partial charge in [0, 0.05) is 0 Å². The van der Waals surface area contributed by atoms with Crippen molar-refractivity contribution >= 4 is 16.1 Å². The monoisotopic (exact) mass is 221 g/mol. The Balaban J connectivity index is 4.20.